The average Bonchev–Trinajstić information content (AvgIpc) is 3.29. The molecule has 1 aliphatic rings. The van der Waals surface area contributed by atoms with Gasteiger partial charge in [-0.25, -0.2) is 4.98 Å². The Hall–Kier alpha value is -2.47. The Balaban J connectivity index is 1.31. The minimum atomic E-state index is 0.595. The molecular formula is C19H23N5O. The molecule has 0 aliphatic carbocycles. The van der Waals surface area contributed by atoms with Gasteiger partial charge < -0.3 is 14.3 Å². The van der Waals surface area contributed by atoms with Gasteiger partial charge in [-0.2, -0.15) is 0 Å². The first-order chi connectivity index (χ1) is 12.3. The quantitative estimate of drug-likeness (QED) is 0.749. The second-order valence-electron chi connectivity index (χ2n) is 6.52. The summed E-state index contributed by atoms with van der Waals surface area (Å²) in [5, 5.41) is 12.1. The zero-order chi connectivity index (χ0) is 17.1. The van der Waals surface area contributed by atoms with Crippen molar-refractivity contribution in [3.63, 3.8) is 0 Å². The Bertz CT molecular complexity index is 810. The van der Waals surface area contributed by atoms with E-state index in [1.165, 1.54) is 0 Å². The predicted molar refractivity (Wildman–Crippen MR) is 94.9 cm³/mol. The molecule has 130 valence electrons. The maximum atomic E-state index is 5.84. The van der Waals surface area contributed by atoms with Crippen molar-refractivity contribution >= 4 is 0 Å². The van der Waals surface area contributed by atoms with Gasteiger partial charge in [0.05, 0.1) is 12.7 Å². The summed E-state index contributed by atoms with van der Waals surface area (Å²) in [7, 11) is 0. The third-order valence-corrected chi connectivity index (χ3v) is 4.76. The molecule has 6 nitrogen and oxygen atoms in total. The molecule has 2 aromatic heterocycles. The van der Waals surface area contributed by atoms with Crippen LogP contribution in [-0.4, -0.2) is 26.3 Å². The number of fused-ring (bicyclic) bond motifs is 1. The fourth-order valence-electron chi connectivity index (χ4n) is 3.39. The molecule has 0 bridgehead atoms. The highest BCUT2D eigenvalue weighted by atomic mass is 16.4. The maximum absolute atomic E-state index is 5.84. The lowest BCUT2D eigenvalue weighted by molar-refractivity contribution is 0.336. The first-order valence-electron chi connectivity index (χ1n) is 8.95. The topological polar surface area (TPSA) is 68.8 Å². The molecule has 6 heteroatoms. The molecular weight excluding hydrogens is 314 g/mol. The number of aromatic nitrogens is 4. The van der Waals surface area contributed by atoms with Crippen LogP contribution in [0.5, 0.6) is 0 Å². The molecule has 0 saturated heterocycles. The Morgan fingerprint density at radius 3 is 2.96 bits per heavy atom. The first kappa shape index (κ1) is 16.0. The summed E-state index contributed by atoms with van der Waals surface area (Å²) in [6.45, 7) is 4.73. The molecule has 25 heavy (non-hydrogen) atoms. The van der Waals surface area contributed by atoms with Crippen LogP contribution in [0.15, 0.2) is 40.9 Å². The Kier molecular flexibility index (Phi) is 4.61. The summed E-state index contributed by atoms with van der Waals surface area (Å²) >= 11 is 0. The average molecular weight is 337 g/mol. The van der Waals surface area contributed by atoms with Crippen molar-refractivity contribution in [3.05, 3.63) is 54.1 Å². The smallest absolute Gasteiger partial charge is 0.208 e. The summed E-state index contributed by atoms with van der Waals surface area (Å²) in [5.74, 6) is 4.37. The number of oxazole rings is 1. The van der Waals surface area contributed by atoms with Crippen molar-refractivity contribution in [2.24, 2.45) is 5.92 Å². The summed E-state index contributed by atoms with van der Waals surface area (Å²) in [4.78, 5) is 4.38. The van der Waals surface area contributed by atoms with Gasteiger partial charge in [0.2, 0.25) is 5.89 Å². The van der Waals surface area contributed by atoms with Crippen molar-refractivity contribution < 1.29 is 4.42 Å². The molecule has 4 rings (SSSR count). The molecule has 0 amide bonds. The van der Waals surface area contributed by atoms with E-state index in [0.29, 0.717) is 12.5 Å². The van der Waals surface area contributed by atoms with Gasteiger partial charge >= 0.3 is 0 Å². The standard InChI is InChI=1S/C19H23N5O/c1-2-17-22-23-18-9-8-14(13-24(17)18)10-20-12-19-21-11-16(25-19)15-6-4-3-5-7-15/h3-7,11,14,20H,2,8-10,12-13H2,1H3. The molecule has 0 saturated carbocycles. The van der Waals surface area contributed by atoms with Crippen LogP contribution < -0.4 is 5.32 Å². The monoisotopic (exact) mass is 337 g/mol. The van der Waals surface area contributed by atoms with E-state index in [4.69, 9.17) is 4.42 Å². The van der Waals surface area contributed by atoms with Crippen LogP contribution in [0.1, 0.15) is 30.9 Å². The SMILES string of the molecule is CCc1nnc2n1CC(CNCc1ncc(-c3ccccc3)o1)CC2. The summed E-state index contributed by atoms with van der Waals surface area (Å²) in [6.07, 6.45) is 4.89. The second kappa shape index (κ2) is 7.19. The normalized spacial score (nSPS) is 16.8. The lowest BCUT2D eigenvalue weighted by Gasteiger charge is -2.24. The lowest BCUT2D eigenvalue weighted by atomic mass is 9.99. The van der Waals surface area contributed by atoms with E-state index < -0.39 is 0 Å². The third-order valence-electron chi connectivity index (χ3n) is 4.76. The zero-order valence-electron chi connectivity index (χ0n) is 14.5. The van der Waals surface area contributed by atoms with Crippen molar-refractivity contribution in [2.45, 2.75) is 39.3 Å². The molecule has 0 spiro atoms. The van der Waals surface area contributed by atoms with Gasteiger partial charge in [0.25, 0.3) is 0 Å². The van der Waals surface area contributed by atoms with Crippen molar-refractivity contribution in [1.29, 1.82) is 0 Å². The highest BCUT2D eigenvalue weighted by molar-refractivity contribution is 5.55. The molecule has 0 fully saturated rings. The van der Waals surface area contributed by atoms with Crippen LogP contribution in [0.4, 0.5) is 0 Å². The van der Waals surface area contributed by atoms with E-state index in [2.05, 4.69) is 32.0 Å². The summed E-state index contributed by atoms with van der Waals surface area (Å²) in [5.41, 5.74) is 1.06. The van der Waals surface area contributed by atoms with Gasteiger partial charge in [0.15, 0.2) is 5.76 Å². The molecule has 3 aromatic rings. The van der Waals surface area contributed by atoms with Crippen molar-refractivity contribution in [1.82, 2.24) is 25.1 Å². The Morgan fingerprint density at radius 2 is 2.12 bits per heavy atom. The highest BCUT2D eigenvalue weighted by Crippen LogP contribution is 2.21. The fraction of sp³-hybridized carbons (Fsp3) is 0.421. The number of nitrogens with one attached hydrogen (secondary N) is 1. The van der Waals surface area contributed by atoms with E-state index in [1.54, 1.807) is 6.20 Å². The third kappa shape index (κ3) is 3.49. The van der Waals surface area contributed by atoms with Crippen molar-refractivity contribution in [3.8, 4) is 11.3 Å². The summed E-state index contributed by atoms with van der Waals surface area (Å²) < 4.78 is 8.13. The van der Waals surface area contributed by atoms with Gasteiger partial charge in [-0.1, -0.05) is 37.3 Å². The van der Waals surface area contributed by atoms with Gasteiger partial charge in [-0.05, 0) is 12.3 Å². The molecule has 1 aromatic carbocycles. The predicted octanol–water partition coefficient (Wildman–Crippen LogP) is 2.85. The molecule has 3 heterocycles. The number of hydrogen-bond acceptors (Lipinski definition) is 5. The molecule has 0 radical (unpaired) electrons. The Morgan fingerprint density at radius 1 is 1.24 bits per heavy atom. The molecule has 1 aliphatic heterocycles. The molecule has 1 atom stereocenters. The van der Waals surface area contributed by atoms with Gasteiger partial charge in [-0.3, -0.25) is 0 Å². The van der Waals surface area contributed by atoms with Crippen molar-refractivity contribution in [2.75, 3.05) is 6.54 Å². The highest BCUT2D eigenvalue weighted by Gasteiger charge is 2.22. The van der Waals surface area contributed by atoms with E-state index in [9.17, 15) is 0 Å². The fourth-order valence-corrected chi connectivity index (χ4v) is 3.39. The van der Waals surface area contributed by atoms with E-state index in [-0.39, 0.29) is 0 Å². The van der Waals surface area contributed by atoms with Crippen LogP contribution in [0, 0.1) is 5.92 Å². The van der Waals surface area contributed by atoms with E-state index in [0.717, 1.165) is 61.2 Å². The van der Waals surface area contributed by atoms with Crippen LogP contribution in [0.2, 0.25) is 0 Å². The number of hydrogen-bond donors (Lipinski definition) is 1. The maximum Gasteiger partial charge on any atom is 0.208 e. The minimum Gasteiger partial charge on any atom is -0.439 e. The number of aryl methyl sites for hydroxylation is 2. The largest absolute Gasteiger partial charge is 0.439 e. The summed E-state index contributed by atoms with van der Waals surface area (Å²) in [6, 6.07) is 10.1. The van der Waals surface area contributed by atoms with E-state index in [1.807, 2.05) is 30.3 Å². The van der Waals surface area contributed by atoms with Crippen LogP contribution in [0.3, 0.4) is 0 Å². The Labute approximate surface area is 147 Å². The molecule has 1 unspecified atom stereocenters. The number of nitrogens with zero attached hydrogens (tertiary/aromatic N) is 4. The second-order valence-corrected chi connectivity index (χ2v) is 6.52. The number of benzene rings is 1. The van der Waals surface area contributed by atoms with Gasteiger partial charge in [-0.15, -0.1) is 10.2 Å². The van der Waals surface area contributed by atoms with Crippen LogP contribution in [-0.2, 0) is 25.9 Å². The lowest BCUT2D eigenvalue weighted by Crippen LogP contribution is -2.30. The van der Waals surface area contributed by atoms with E-state index >= 15 is 0 Å². The number of rotatable bonds is 6. The van der Waals surface area contributed by atoms with Crippen LogP contribution in [0.25, 0.3) is 11.3 Å². The van der Waals surface area contributed by atoms with Crippen LogP contribution >= 0.6 is 0 Å². The molecule has 1 N–H and O–H groups in total. The zero-order valence-corrected chi connectivity index (χ0v) is 14.5. The minimum absolute atomic E-state index is 0.595. The van der Waals surface area contributed by atoms with Gasteiger partial charge in [0.1, 0.15) is 11.6 Å². The first-order valence-corrected chi connectivity index (χ1v) is 8.95. The van der Waals surface area contributed by atoms with Gasteiger partial charge in [0, 0.05) is 31.5 Å².